The third-order valence-electron chi connectivity index (χ3n) is 4.80. The summed E-state index contributed by atoms with van der Waals surface area (Å²) in [7, 11) is 1.60. The highest BCUT2D eigenvalue weighted by atomic mass is 79.9. The molecule has 0 spiro atoms. The molecule has 2 aromatic carbocycles. The zero-order chi connectivity index (χ0) is 22.1. The highest BCUT2D eigenvalue weighted by molar-refractivity contribution is 9.10. The van der Waals surface area contributed by atoms with Crippen LogP contribution in [0.5, 0.6) is 23.0 Å². The van der Waals surface area contributed by atoms with E-state index in [1.807, 2.05) is 25.1 Å². The van der Waals surface area contributed by atoms with Crippen LogP contribution in [0, 0.1) is 0 Å². The molecule has 1 heterocycles. The highest BCUT2D eigenvalue weighted by Gasteiger charge is 2.18. The summed E-state index contributed by atoms with van der Waals surface area (Å²) in [6.07, 6.45) is 0.143. The van der Waals surface area contributed by atoms with Gasteiger partial charge in [-0.1, -0.05) is 6.07 Å². The van der Waals surface area contributed by atoms with E-state index in [1.165, 1.54) is 0 Å². The molecule has 1 aliphatic rings. The fraction of sp³-hybridized carbons (Fsp3) is 0.478. The number of rotatable bonds is 12. The average molecular weight is 496 g/mol. The summed E-state index contributed by atoms with van der Waals surface area (Å²) in [5.41, 5.74) is 1.77. The second-order valence-corrected chi connectivity index (χ2v) is 7.92. The zero-order valence-corrected chi connectivity index (χ0v) is 19.6. The summed E-state index contributed by atoms with van der Waals surface area (Å²) in [5.74, 6) is 2.49. The standard InChI is InChI=1S/C23H30BrNO6/c1-3-28-8-4-7-25-14-16-11-18(24)23(22(12-16)27-2)31-15-19(26)17-5-6-20-21(13-17)30-10-9-29-20/h5-6,11-13,19,25-26H,3-4,7-10,14-15H2,1-2H3. The summed E-state index contributed by atoms with van der Waals surface area (Å²) in [6.45, 7) is 6.19. The highest BCUT2D eigenvalue weighted by Crippen LogP contribution is 2.38. The van der Waals surface area contributed by atoms with Gasteiger partial charge >= 0.3 is 0 Å². The predicted octanol–water partition coefficient (Wildman–Crippen LogP) is 3.86. The van der Waals surface area contributed by atoms with Crippen LogP contribution in [0.3, 0.4) is 0 Å². The van der Waals surface area contributed by atoms with Gasteiger partial charge in [0.1, 0.15) is 25.9 Å². The minimum atomic E-state index is -0.820. The van der Waals surface area contributed by atoms with E-state index in [0.717, 1.165) is 36.2 Å². The van der Waals surface area contributed by atoms with Crippen molar-refractivity contribution in [2.24, 2.45) is 0 Å². The second kappa shape index (κ2) is 12.1. The molecule has 0 fully saturated rings. The number of fused-ring (bicyclic) bond motifs is 1. The number of hydrogen-bond acceptors (Lipinski definition) is 7. The molecular formula is C23H30BrNO6. The van der Waals surface area contributed by atoms with Crippen molar-refractivity contribution in [2.75, 3.05) is 46.7 Å². The number of halogens is 1. The first-order valence-corrected chi connectivity index (χ1v) is 11.3. The SMILES string of the molecule is CCOCCCNCc1cc(Br)c(OCC(O)c2ccc3c(c2)OCCO3)c(OC)c1. The molecule has 8 heteroatoms. The summed E-state index contributed by atoms with van der Waals surface area (Å²) < 4.78 is 28.7. The Morgan fingerprint density at radius 1 is 1.16 bits per heavy atom. The minimum absolute atomic E-state index is 0.0730. The Hall–Kier alpha value is -2.00. The lowest BCUT2D eigenvalue weighted by Gasteiger charge is -2.21. The maximum Gasteiger partial charge on any atom is 0.175 e. The van der Waals surface area contributed by atoms with E-state index in [2.05, 4.69) is 21.2 Å². The second-order valence-electron chi connectivity index (χ2n) is 7.07. The predicted molar refractivity (Wildman–Crippen MR) is 121 cm³/mol. The van der Waals surface area contributed by atoms with Crippen molar-refractivity contribution in [3.8, 4) is 23.0 Å². The van der Waals surface area contributed by atoms with Crippen LogP contribution >= 0.6 is 15.9 Å². The molecular weight excluding hydrogens is 466 g/mol. The first-order valence-electron chi connectivity index (χ1n) is 10.5. The lowest BCUT2D eigenvalue weighted by atomic mass is 10.1. The van der Waals surface area contributed by atoms with Crippen LogP contribution in [-0.4, -0.2) is 51.8 Å². The Morgan fingerprint density at radius 3 is 2.74 bits per heavy atom. The van der Waals surface area contributed by atoms with E-state index in [-0.39, 0.29) is 6.61 Å². The Bertz CT molecular complexity index is 847. The fourth-order valence-electron chi connectivity index (χ4n) is 3.22. The molecule has 170 valence electrons. The van der Waals surface area contributed by atoms with E-state index in [0.29, 0.717) is 48.3 Å². The molecule has 3 rings (SSSR count). The van der Waals surface area contributed by atoms with Crippen LogP contribution in [-0.2, 0) is 11.3 Å². The number of nitrogens with one attached hydrogen (secondary N) is 1. The van der Waals surface area contributed by atoms with Crippen LogP contribution in [0.4, 0.5) is 0 Å². The van der Waals surface area contributed by atoms with Crippen molar-refractivity contribution in [3.05, 3.63) is 45.9 Å². The molecule has 0 amide bonds. The maximum atomic E-state index is 10.6. The lowest BCUT2D eigenvalue weighted by molar-refractivity contribution is 0.105. The topological polar surface area (TPSA) is 78.4 Å². The quantitative estimate of drug-likeness (QED) is 0.432. The van der Waals surface area contributed by atoms with Crippen molar-refractivity contribution >= 4 is 15.9 Å². The molecule has 31 heavy (non-hydrogen) atoms. The number of methoxy groups -OCH3 is 1. The Kier molecular flexibility index (Phi) is 9.27. The van der Waals surface area contributed by atoms with Crippen LogP contribution in [0.15, 0.2) is 34.8 Å². The van der Waals surface area contributed by atoms with Crippen LogP contribution in [0.1, 0.15) is 30.6 Å². The van der Waals surface area contributed by atoms with Crippen molar-refractivity contribution in [2.45, 2.75) is 26.0 Å². The van der Waals surface area contributed by atoms with Gasteiger partial charge in [0.2, 0.25) is 0 Å². The van der Waals surface area contributed by atoms with E-state index >= 15 is 0 Å². The third kappa shape index (κ3) is 6.74. The van der Waals surface area contributed by atoms with Gasteiger partial charge in [-0.15, -0.1) is 0 Å². The van der Waals surface area contributed by atoms with E-state index in [9.17, 15) is 5.11 Å². The molecule has 2 N–H and O–H groups in total. The number of aliphatic hydroxyl groups is 1. The number of ether oxygens (including phenoxy) is 5. The van der Waals surface area contributed by atoms with Gasteiger partial charge in [0.05, 0.1) is 11.6 Å². The molecule has 7 nitrogen and oxygen atoms in total. The minimum Gasteiger partial charge on any atom is -0.493 e. The van der Waals surface area contributed by atoms with Gasteiger partial charge in [0.25, 0.3) is 0 Å². The van der Waals surface area contributed by atoms with Gasteiger partial charge in [-0.25, -0.2) is 0 Å². The Balaban J connectivity index is 1.58. The number of benzene rings is 2. The van der Waals surface area contributed by atoms with Crippen LogP contribution < -0.4 is 24.3 Å². The molecule has 0 saturated carbocycles. The van der Waals surface area contributed by atoms with Crippen molar-refractivity contribution in [1.29, 1.82) is 0 Å². The average Bonchev–Trinajstić information content (AvgIpc) is 2.79. The van der Waals surface area contributed by atoms with Gasteiger partial charge in [0.15, 0.2) is 23.0 Å². The van der Waals surface area contributed by atoms with Gasteiger partial charge in [-0.05, 0) is 71.2 Å². The molecule has 1 aliphatic heterocycles. The molecule has 0 radical (unpaired) electrons. The number of hydrogen-bond donors (Lipinski definition) is 2. The van der Waals surface area contributed by atoms with Gasteiger partial charge in [-0.3, -0.25) is 0 Å². The summed E-state index contributed by atoms with van der Waals surface area (Å²) in [6, 6.07) is 9.33. The Morgan fingerprint density at radius 2 is 1.97 bits per heavy atom. The number of aliphatic hydroxyl groups excluding tert-OH is 1. The van der Waals surface area contributed by atoms with Crippen molar-refractivity contribution in [1.82, 2.24) is 5.32 Å². The van der Waals surface area contributed by atoms with Gasteiger partial charge < -0.3 is 34.1 Å². The molecule has 0 aliphatic carbocycles. The third-order valence-corrected chi connectivity index (χ3v) is 5.39. The summed E-state index contributed by atoms with van der Waals surface area (Å²) in [5, 5.41) is 14.0. The largest absolute Gasteiger partial charge is 0.493 e. The molecule has 0 bridgehead atoms. The van der Waals surface area contributed by atoms with E-state index in [1.54, 1.807) is 19.2 Å². The van der Waals surface area contributed by atoms with Crippen LogP contribution in [0.2, 0.25) is 0 Å². The zero-order valence-electron chi connectivity index (χ0n) is 18.0. The Labute approximate surface area is 191 Å². The molecule has 2 aromatic rings. The fourth-order valence-corrected chi connectivity index (χ4v) is 3.82. The van der Waals surface area contributed by atoms with Gasteiger partial charge in [0, 0.05) is 19.8 Å². The smallest absolute Gasteiger partial charge is 0.175 e. The first-order chi connectivity index (χ1) is 15.1. The molecule has 1 atom stereocenters. The monoisotopic (exact) mass is 495 g/mol. The summed E-state index contributed by atoms with van der Waals surface area (Å²) in [4.78, 5) is 0. The lowest BCUT2D eigenvalue weighted by Crippen LogP contribution is -2.17. The van der Waals surface area contributed by atoms with E-state index in [4.69, 9.17) is 23.7 Å². The van der Waals surface area contributed by atoms with E-state index < -0.39 is 6.10 Å². The molecule has 0 saturated heterocycles. The van der Waals surface area contributed by atoms with Gasteiger partial charge in [-0.2, -0.15) is 0 Å². The molecule has 1 unspecified atom stereocenters. The van der Waals surface area contributed by atoms with Crippen molar-refractivity contribution in [3.63, 3.8) is 0 Å². The van der Waals surface area contributed by atoms with Crippen LogP contribution in [0.25, 0.3) is 0 Å². The maximum absolute atomic E-state index is 10.6. The van der Waals surface area contributed by atoms with Crippen molar-refractivity contribution < 1.29 is 28.8 Å². The normalized spacial score (nSPS) is 13.7. The summed E-state index contributed by atoms with van der Waals surface area (Å²) >= 11 is 3.57. The first kappa shape index (κ1) is 23.7. The molecule has 0 aromatic heterocycles.